The van der Waals surface area contributed by atoms with Gasteiger partial charge in [0.15, 0.2) is 5.96 Å². The molecule has 0 aromatic heterocycles. The van der Waals surface area contributed by atoms with E-state index in [1.807, 2.05) is 0 Å². The Morgan fingerprint density at radius 1 is 1.18 bits per heavy atom. The van der Waals surface area contributed by atoms with E-state index in [0.29, 0.717) is 23.5 Å². The third kappa shape index (κ3) is 5.17. The Morgan fingerprint density at radius 2 is 1.89 bits per heavy atom. The zero-order valence-corrected chi connectivity index (χ0v) is 16.2. The lowest BCUT2D eigenvalue weighted by Gasteiger charge is -2.25. The fourth-order valence-electron chi connectivity index (χ4n) is 4.04. The number of amides is 1. The molecule has 5 nitrogen and oxygen atoms in total. The Bertz CT molecular complexity index is 715. The van der Waals surface area contributed by atoms with Gasteiger partial charge in [0.2, 0.25) is 5.91 Å². The number of halogens is 3. The van der Waals surface area contributed by atoms with Crippen LogP contribution in [0.4, 0.5) is 13.2 Å². The van der Waals surface area contributed by atoms with Crippen LogP contribution >= 0.6 is 0 Å². The van der Waals surface area contributed by atoms with Gasteiger partial charge in [-0.05, 0) is 48.8 Å². The number of likely N-dealkylation sites (N-methyl/N-ethyl adjacent to an activating group) is 1. The van der Waals surface area contributed by atoms with Crippen LogP contribution in [0.3, 0.4) is 0 Å². The lowest BCUT2D eigenvalue weighted by atomic mass is 9.95. The first-order chi connectivity index (χ1) is 13.2. The smallest absolute Gasteiger partial charge is 0.353 e. The second kappa shape index (κ2) is 8.41. The van der Waals surface area contributed by atoms with Crippen LogP contribution in [0.1, 0.15) is 36.8 Å². The number of guanidine groups is 1. The SMILES string of the molecule is CN(C)C(=O)CNC(=NCc1ccc(C(F)(F)F)cc1)NC1CC2CCC1C2. The summed E-state index contributed by atoms with van der Waals surface area (Å²) in [4.78, 5) is 17.9. The molecule has 3 atom stereocenters. The molecule has 0 heterocycles. The lowest BCUT2D eigenvalue weighted by molar-refractivity contribution is -0.137. The van der Waals surface area contributed by atoms with Gasteiger partial charge >= 0.3 is 6.18 Å². The molecule has 28 heavy (non-hydrogen) atoms. The summed E-state index contributed by atoms with van der Waals surface area (Å²) in [5, 5.41) is 6.50. The maximum absolute atomic E-state index is 12.7. The highest BCUT2D eigenvalue weighted by molar-refractivity contribution is 5.86. The average molecular weight is 396 g/mol. The van der Waals surface area contributed by atoms with E-state index in [4.69, 9.17) is 0 Å². The van der Waals surface area contributed by atoms with Crippen LogP contribution < -0.4 is 10.6 Å². The number of nitrogens with zero attached hydrogens (tertiary/aromatic N) is 2. The molecule has 0 spiro atoms. The lowest BCUT2D eigenvalue weighted by Crippen LogP contribution is -2.48. The van der Waals surface area contributed by atoms with E-state index in [1.165, 1.54) is 36.3 Å². The molecule has 0 saturated heterocycles. The number of carbonyl (C=O) groups is 1. The maximum Gasteiger partial charge on any atom is 0.416 e. The molecule has 1 aromatic carbocycles. The third-order valence-corrected chi connectivity index (χ3v) is 5.67. The van der Waals surface area contributed by atoms with Gasteiger partial charge in [-0.25, -0.2) is 4.99 Å². The highest BCUT2D eigenvalue weighted by Crippen LogP contribution is 2.44. The van der Waals surface area contributed by atoms with Crippen molar-refractivity contribution in [1.29, 1.82) is 0 Å². The van der Waals surface area contributed by atoms with Gasteiger partial charge in [0.05, 0.1) is 18.7 Å². The molecule has 3 rings (SSSR count). The largest absolute Gasteiger partial charge is 0.416 e. The first-order valence-electron chi connectivity index (χ1n) is 9.63. The molecule has 2 fully saturated rings. The zero-order valence-electron chi connectivity index (χ0n) is 16.2. The van der Waals surface area contributed by atoms with E-state index in [0.717, 1.165) is 24.5 Å². The summed E-state index contributed by atoms with van der Waals surface area (Å²) in [6, 6.07) is 5.35. The van der Waals surface area contributed by atoms with Gasteiger partial charge in [-0.1, -0.05) is 18.6 Å². The number of alkyl halides is 3. The molecule has 3 unspecified atom stereocenters. The molecule has 2 N–H and O–H groups in total. The van der Waals surface area contributed by atoms with E-state index >= 15 is 0 Å². The molecule has 2 aliphatic carbocycles. The maximum atomic E-state index is 12.7. The Balaban J connectivity index is 1.65. The molecule has 2 bridgehead atoms. The van der Waals surface area contributed by atoms with Crippen LogP contribution in [0.5, 0.6) is 0 Å². The fraction of sp³-hybridized carbons (Fsp3) is 0.600. The quantitative estimate of drug-likeness (QED) is 0.594. The molecule has 2 saturated carbocycles. The van der Waals surface area contributed by atoms with Gasteiger partial charge in [0.25, 0.3) is 0 Å². The summed E-state index contributed by atoms with van der Waals surface area (Å²) in [5.41, 5.74) is 0.0104. The van der Waals surface area contributed by atoms with Gasteiger partial charge in [-0.3, -0.25) is 4.79 Å². The van der Waals surface area contributed by atoms with Crippen LogP contribution in [0.2, 0.25) is 0 Å². The molecular formula is C20H27F3N4O. The summed E-state index contributed by atoms with van der Waals surface area (Å²) in [6.45, 7) is 0.358. The molecule has 154 valence electrons. The van der Waals surface area contributed by atoms with Gasteiger partial charge in [-0.15, -0.1) is 0 Å². The second-order valence-electron chi connectivity index (χ2n) is 7.93. The Hall–Kier alpha value is -2.25. The molecule has 0 aliphatic heterocycles. The van der Waals surface area contributed by atoms with Crippen LogP contribution in [0, 0.1) is 11.8 Å². The zero-order chi connectivity index (χ0) is 20.3. The van der Waals surface area contributed by atoms with Gasteiger partial charge < -0.3 is 15.5 Å². The Kier molecular flexibility index (Phi) is 6.15. The molecular weight excluding hydrogens is 369 g/mol. The van der Waals surface area contributed by atoms with Gasteiger partial charge in [0, 0.05) is 20.1 Å². The predicted molar refractivity (Wildman–Crippen MR) is 102 cm³/mol. The van der Waals surface area contributed by atoms with Crippen molar-refractivity contribution in [2.24, 2.45) is 16.8 Å². The fourth-order valence-corrected chi connectivity index (χ4v) is 4.04. The van der Waals surface area contributed by atoms with E-state index in [9.17, 15) is 18.0 Å². The van der Waals surface area contributed by atoms with Crippen molar-refractivity contribution in [2.75, 3.05) is 20.6 Å². The number of benzene rings is 1. The topological polar surface area (TPSA) is 56.7 Å². The highest BCUT2D eigenvalue weighted by atomic mass is 19.4. The molecule has 2 aliphatic rings. The van der Waals surface area contributed by atoms with Gasteiger partial charge in [0.1, 0.15) is 0 Å². The average Bonchev–Trinajstić information content (AvgIpc) is 3.26. The third-order valence-electron chi connectivity index (χ3n) is 5.67. The van der Waals surface area contributed by atoms with Gasteiger partial charge in [-0.2, -0.15) is 13.2 Å². The van der Waals surface area contributed by atoms with Crippen molar-refractivity contribution >= 4 is 11.9 Å². The second-order valence-corrected chi connectivity index (χ2v) is 7.93. The minimum Gasteiger partial charge on any atom is -0.353 e. The van der Waals surface area contributed by atoms with Crippen LogP contribution in [-0.2, 0) is 17.5 Å². The number of aliphatic imine (C=N–C) groups is 1. The van der Waals surface area contributed by atoms with Crippen LogP contribution in [-0.4, -0.2) is 43.4 Å². The minimum atomic E-state index is -4.34. The minimum absolute atomic E-state index is 0.0722. The highest BCUT2D eigenvalue weighted by Gasteiger charge is 2.39. The molecule has 0 radical (unpaired) electrons. The van der Waals surface area contributed by atoms with Crippen molar-refractivity contribution < 1.29 is 18.0 Å². The first kappa shape index (κ1) is 20.5. The van der Waals surface area contributed by atoms with Crippen molar-refractivity contribution in [3.8, 4) is 0 Å². The van der Waals surface area contributed by atoms with Crippen molar-refractivity contribution in [3.05, 3.63) is 35.4 Å². The van der Waals surface area contributed by atoms with Crippen LogP contribution in [0.25, 0.3) is 0 Å². The van der Waals surface area contributed by atoms with E-state index in [1.54, 1.807) is 14.1 Å². The monoisotopic (exact) mass is 396 g/mol. The number of hydrogen-bond acceptors (Lipinski definition) is 2. The molecule has 1 aromatic rings. The van der Waals surface area contributed by atoms with E-state index in [-0.39, 0.29) is 19.0 Å². The summed E-state index contributed by atoms with van der Waals surface area (Å²) in [5.74, 6) is 1.86. The van der Waals surface area contributed by atoms with Crippen molar-refractivity contribution in [3.63, 3.8) is 0 Å². The molecule has 1 amide bonds. The standard InChI is InChI=1S/C20H27F3N4O/c1-27(2)18(28)12-25-19(26-17-10-14-3-6-15(17)9-14)24-11-13-4-7-16(8-5-13)20(21,22)23/h4-5,7-8,14-15,17H,3,6,9-12H2,1-2H3,(H2,24,25,26). The number of hydrogen-bond donors (Lipinski definition) is 2. The Labute approximate surface area is 163 Å². The first-order valence-corrected chi connectivity index (χ1v) is 9.63. The van der Waals surface area contributed by atoms with E-state index < -0.39 is 11.7 Å². The number of nitrogens with one attached hydrogen (secondary N) is 2. The van der Waals surface area contributed by atoms with Crippen molar-refractivity contribution in [2.45, 2.75) is 44.4 Å². The molecule has 8 heteroatoms. The van der Waals surface area contributed by atoms with E-state index in [2.05, 4.69) is 15.6 Å². The van der Waals surface area contributed by atoms with Crippen molar-refractivity contribution in [1.82, 2.24) is 15.5 Å². The summed E-state index contributed by atoms with van der Waals surface area (Å²) >= 11 is 0. The number of carbonyl (C=O) groups excluding carboxylic acids is 1. The van der Waals surface area contributed by atoms with Crippen LogP contribution in [0.15, 0.2) is 29.3 Å². The normalized spacial score (nSPS) is 24.3. The summed E-state index contributed by atoms with van der Waals surface area (Å²) in [6.07, 6.45) is 0.497. The summed E-state index contributed by atoms with van der Waals surface area (Å²) in [7, 11) is 3.37. The number of rotatable bonds is 5. The number of fused-ring (bicyclic) bond motifs is 2. The predicted octanol–water partition coefficient (Wildman–Crippen LogP) is 3.02. The summed E-state index contributed by atoms with van der Waals surface area (Å²) < 4.78 is 38.1. The Morgan fingerprint density at radius 3 is 2.43 bits per heavy atom.